The average molecular weight is 326 g/mol. The lowest BCUT2D eigenvalue weighted by molar-refractivity contribution is -0.137. The van der Waals surface area contributed by atoms with E-state index < -0.39 is 11.7 Å². The highest BCUT2D eigenvalue weighted by Crippen LogP contribution is 2.31. The molecular weight excluding hydrogens is 313 g/mol. The van der Waals surface area contributed by atoms with Crippen molar-refractivity contribution in [2.75, 3.05) is 18.0 Å². The van der Waals surface area contributed by atoms with E-state index in [1.807, 2.05) is 0 Å². The number of carbonyl (C=O) groups is 1. The van der Waals surface area contributed by atoms with Crippen LogP contribution < -0.4 is 10.2 Å². The molecule has 2 aromatic heterocycles. The predicted molar refractivity (Wildman–Crippen MR) is 73.9 cm³/mol. The van der Waals surface area contributed by atoms with Crippen LogP contribution in [-0.2, 0) is 6.18 Å². The van der Waals surface area contributed by atoms with E-state index in [4.69, 9.17) is 4.52 Å². The van der Waals surface area contributed by atoms with E-state index in [2.05, 4.69) is 15.5 Å². The van der Waals surface area contributed by atoms with Crippen LogP contribution in [-0.4, -0.2) is 35.2 Å². The molecule has 0 spiro atoms. The third kappa shape index (κ3) is 3.27. The Kier molecular flexibility index (Phi) is 3.70. The van der Waals surface area contributed by atoms with Crippen LogP contribution in [0.5, 0.6) is 0 Å². The number of hydrogen-bond acceptors (Lipinski definition) is 5. The second kappa shape index (κ2) is 5.56. The molecule has 1 aliphatic rings. The first kappa shape index (κ1) is 15.3. The number of halogens is 3. The summed E-state index contributed by atoms with van der Waals surface area (Å²) >= 11 is 0. The summed E-state index contributed by atoms with van der Waals surface area (Å²) in [5.41, 5.74) is -0.564. The van der Waals surface area contributed by atoms with Gasteiger partial charge in [-0.2, -0.15) is 13.2 Å². The van der Waals surface area contributed by atoms with E-state index in [9.17, 15) is 18.0 Å². The lowest BCUT2D eigenvalue weighted by Gasteiger charge is -2.40. The van der Waals surface area contributed by atoms with Crippen molar-refractivity contribution in [1.29, 1.82) is 0 Å². The highest BCUT2D eigenvalue weighted by atomic mass is 19.4. The van der Waals surface area contributed by atoms with Gasteiger partial charge in [0.1, 0.15) is 11.6 Å². The fraction of sp³-hybridized carbons (Fsp3) is 0.357. The van der Waals surface area contributed by atoms with E-state index in [0.717, 1.165) is 18.3 Å². The normalized spacial score (nSPS) is 15.4. The lowest BCUT2D eigenvalue weighted by atomic mass is 10.1. The Balaban J connectivity index is 1.58. The van der Waals surface area contributed by atoms with E-state index in [1.165, 1.54) is 6.07 Å². The van der Waals surface area contributed by atoms with Crippen molar-refractivity contribution in [3.8, 4) is 0 Å². The number of nitrogens with one attached hydrogen (secondary N) is 1. The Hall–Kier alpha value is -2.58. The smallest absolute Gasteiger partial charge is 0.361 e. The Morgan fingerprint density at radius 1 is 1.39 bits per heavy atom. The van der Waals surface area contributed by atoms with Gasteiger partial charge in [-0.3, -0.25) is 4.79 Å². The maximum atomic E-state index is 12.7. The highest BCUT2D eigenvalue weighted by molar-refractivity contribution is 5.92. The van der Waals surface area contributed by atoms with Gasteiger partial charge in [-0.15, -0.1) is 0 Å². The standard InChI is InChI=1S/C14H13F3N4O2/c1-8-4-11(20-23-8)13(22)19-10-6-21(7-10)12-5-9(2-3-18-12)14(15,16)17/h2-5,10H,6-7H2,1H3,(H,19,22). The highest BCUT2D eigenvalue weighted by Gasteiger charge is 2.34. The third-order valence-electron chi connectivity index (χ3n) is 3.47. The van der Waals surface area contributed by atoms with Crippen molar-refractivity contribution in [3.05, 3.63) is 41.4 Å². The predicted octanol–water partition coefficient (Wildman–Crippen LogP) is 2.02. The van der Waals surface area contributed by atoms with Gasteiger partial charge >= 0.3 is 6.18 Å². The first-order valence-corrected chi connectivity index (χ1v) is 6.85. The van der Waals surface area contributed by atoms with Gasteiger partial charge in [-0.1, -0.05) is 5.16 Å². The molecule has 6 nitrogen and oxygen atoms in total. The molecule has 2 aromatic rings. The van der Waals surface area contributed by atoms with Crippen LogP contribution in [0.2, 0.25) is 0 Å². The third-order valence-corrected chi connectivity index (χ3v) is 3.47. The summed E-state index contributed by atoms with van der Waals surface area (Å²) in [7, 11) is 0. The van der Waals surface area contributed by atoms with Crippen LogP contribution in [0, 0.1) is 6.92 Å². The zero-order valence-electron chi connectivity index (χ0n) is 12.1. The number of aromatic nitrogens is 2. The first-order chi connectivity index (χ1) is 10.8. The molecule has 1 saturated heterocycles. The molecule has 0 bridgehead atoms. The summed E-state index contributed by atoms with van der Waals surface area (Å²) in [6.07, 6.45) is -3.27. The number of carbonyl (C=O) groups excluding carboxylic acids is 1. The second-order valence-electron chi connectivity index (χ2n) is 5.30. The summed E-state index contributed by atoms with van der Waals surface area (Å²) < 4.78 is 42.8. The minimum absolute atomic E-state index is 0.171. The molecule has 1 N–H and O–H groups in total. The summed E-state index contributed by atoms with van der Waals surface area (Å²) in [5.74, 6) is 0.393. The average Bonchev–Trinajstić information content (AvgIpc) is 2.88. The van der Waals surface area contributed by atoms with Gasteiger partial charge in [0.15, 0.2) is 5.69 Å². The van der Waals surface area contributed by atoms with Gasteiger partial charge in [0.2, 0.25) is 0 Å². The number of hydrogen-bond donors (Lipinski definition) is 1. The molecule has 23 heavy (non-hydrogen) atoms. The van der Waals surface area contributed by atoms with Gasteiger partial charge in [0.05, 0.1) is 11.6 Å². The number of anilines is 1. The van der Waals surface area contributed by atoms with Crippen molar-refractivity contribution in [2.45, 2.75) is 19.1 Å². The molecule has 1 aliphatic heterocycles. The molecule has 0 atom stereocenters. The molecule has 0 radical (unpaired) electrons. The second-order valence-corrected chi connectivity index (χ2v) is 5.30. The van der Waals surface area contributed by atoms with Gasteiger partial charge in [0, 0.05) is 25.4 Å². The lowest BCUT2D eigenvalue weighted by Crippen LogP contribution is -2.59. The number of aryl methyl sites for hydroxylation is 1. The first-order valence-electron chi connectivity index (χ1n) is 6.85. The van der Waals surface area contributed by atoms with Gasteiger partial charge in [-0.05, 0) is 19.1 Å². The molecule has 0 aromatic carbocycles. The number of rotatable bonds is 3. The summed E-state index contributed by atoms with van der Waals surface area (Å²) in [4.78, 5) is 17.5. The van der Waals surface area contributed by atoms with Crippen molar-refractivity contribution in [2.24, 2.45) is 0 Å². The molecule has 9 heteroatoms. The van der Waals surface area contributed by atoms with Crippen LogP contribution in [0.1, 0.15) is 21.8 Å². The van der Waals surface area contributed by atoms with Crippen molar-refractivity contribution in [3.63, 3.8) is 0 Å². The number of alkyl halides is 3. The van der Waals surface area contributed by atoms with Crippen LogP contribution >= 0.6 is 0 Å². The zero-order chi connectivity index (χ0) is 16.6. The number of pyridine rings is 1. The van der Waals surface area contributed by atoms with Crippen LogP contribution in [0.15, 0.2) is 28.9 Å². The van der Waals surface area contributed by atoms with Crippen molar-refractivity contribution >= 4 is 11.7 Å². The molecule has 0 unspecified atom stereocenters. The van der Waals surface area contributed by atoms with Crippen LogP contribution in [0.25, 0.3) is 0 Å². The summed E-state index contributed by atoms with van der Waals surface area (Å²) in [6, 6.07) is 3.27. The molecule has 3 rings (SSSR count). The number of nitrogens with zero attached hydrogens (tertiary/aromatic N) is 3. The Bertz CT molecular complexity index is 723. The maximum absolute atomic E-state index is 12.7. The van der Waals surface area contributed by atoms with E-state index in [-0.39, 0.29) is 23.5 Å². The largest absolute Gasteiger partial charge is 0.416 e. The zero-order valence-corrected chi connectivity index (χ0v) is 12.1. The maximum Gasteiger partial charge on any atom is 0.416 e. The van der Waals surface area contributed by atoms with E-state index >= 15 is 0 Å². The molecular formula is C14H13F3N4O2. The van der Waals surface area contributed by atoms with Crippen LogP contribution in [0.4, 0.5) is 19.0 Å². The summed E-state index contributed by atoms with van der Waals surface area (Å²) in [5, 5.41) is 6.34. The summed E-state index contributed by atoms with van der Waals surface area (Å²) in [6.45, 7) is 2.45. The van der Waals surface area contributed by atoms with Crippen molar-refractivity contribution in [1.82, 2.24) is 15.5 Å². The van der Waals surface area contributed by atoms with Gasteiger partial charge < -0.3 is 14.7 Å². The molecule has 122 valence electrons. The molecule has 1 fully saturated rings. The fourth-order valence-corrected chi connectivity index (χ4v) is 2.26. The quantitative estimate of drug-likeness (QED) is 0.934. The Labute approximate surface area is 129 Å². The fourth-order valence-electron chi connectivity index (χ4n) is 2.26. The number of amides is 1. The minimum Gasteiger partial charge on any atom is -0.361 e. The molecule has 0 saturated carbocycles. The van der Waals surface area contributed by atoms with Crippen LogP contribution in [0.3, 0.4) is 0 Å². The molecule has 0 aliphatic carbocycles. The van der Waals surface area contributed by atoms with Gasteiger partial charge in [0.25, 0.3) is 5.91 Å². The Morgan fingerprint density at radius 2 is 2.13 bits per heavy atom. The van der Waals surface area contributed by atoms with E-state index in [0.29, 0.717) is 18.8 Å². The Morgan fingerprint density at radius 3 is 2.74 bits per heavy atom. The SMILES string of the molecule is Cc1cc(C(=O)NC2CN(c3cc(C(F)(F)F)ccn3)C2)no1. The van der Waals surface area contributed by atoms with Gasteiger partial charge in [-0.25, -0.2) is 4.98 Å². The molecule has 1 amide bonds. The van der Waals surface area contributed by atoms with E-state index in [1.54, 1.807) is 11.8 Å². The monoisotopic (exact) mass is 326 g/mol. The topological polar surface area (TPSA) is 71.3 Å². The minimum atomic E-state index is -4.40. The molecule has 3 heterocycles. The van der Waals surface area contributed by atoms with Crippen molar-refractivity contribution < 1.29 is 22.5 Å².